The lowest BCUT2D eigenvalue weighted by molar-refractivity contribution is 0.0524. The van der Waals surface area contributed by atoms with Gasteiger partial charge in [0.2, 0.25) is 0 Å². The van der Waals surface area contributed by atoms with E-state index >= 15 is 0 Å². The van der Waals surface area contributed by atoms with Crippen molar-refractivity contribution in [2.45, 2.75) is 41.6 Å². The highest BCUT2D eigenvalue weighted by atomic mass is 32.2. The highest BCUT2D eigenvalue weighted by molar-refractivity contribution is 8.02. The van der Waals surface area contributed by atoms with E-state index in [0.29, 0.717) is 17.9 Å². The summed E-state index contributed by atoms with van der Waals surface area (Å²) in [4.78, 5) is 17.3. The van der Waals surface area contributed by atoms with Crippen molar-refractivity contribution in [3.63, 3.8) is 0 Å². The Kier molecular flexibility index (Phi) is 7.09. The lowest BCUT2D eigenvalue weighted by atomic mass is 10.0. The van der Waals surface area contributed by atoms with Crippen molar-refractivity contribution in [1.29, 1.82) is 0 Å². The van der Waals surface area contributed by atoms with Crippen molar-refractivity contribution >= 4 is 51.7 Å². The molecule has 8 heteroatoms. The Labute approximate surface area is 171 Å². The number of carbonyl (C=O) groups excluding carboxylic acids is 1. The predicted octanol–water partition coefficient (Wildman–Crippen LogP) is 5.37. The zero-order valence-corrected chi connectivity index (χ0v) is 18.0. The van der Waals surface area contributed by atoms with Crippen molar-refractivity contribution in [3.8, 4) is 0 Å². The van der Waals surface area contributed by atoms with Gasteiger partial charge in [-0.15, -0.1) is 10.2 Å². The quantitative estimate of drug-likeness (QED) is 0.359. The van der Waals surface area contributed by atoms with Crippen molar-refractivity contribution in [1.82, 2.24) is 15.2 Å². The maximum absolute atomic E-state index is 12.6. The molecule has 0 bridgehead atoms. The molecule has 0 atom stereocenters. The molecule has 27 heavy (non-hydrogen) atoms. The molecule has 0 saturated carbocycles. The van der Waals surface area contributed by atoms with Crippen LogP contribution in [0.5, 0.6) is 0 Å². The molecule has 0 saturated heterocycles. The van der Waals surface area contributed by atoms with Crippen molar-refractivity contribution in [2.75, 3.05) is 12.4 Å². The molecule has 3 aromatic rings. The number of nitrogens with zero attached hydrogens (tertiary/aromatic N) is 3. The summed E-state index contributed by atoms with van der Waals surface area (Å²) in [6, 6.07) is 7.87. The van der Waals surface area contributed by atoms with E-state index in [1.54, 1.807) is 34.9 Å². The fourth-order valence-electron chi connectivity index (χ4n) is 2.65. The zero-order valence-electron chi connectivity index (χ0n) is 15.5. The highest BCUT2D eigenvalue weighted by Crippen LogP contribution is 2.33. The lowest BCUT2D eigenvalue weighted by Crippen LogP contribution is -2.12. The van der Waals surface area contributed by atoms with Gasteiger partial charge in [0.15, 0.2) is 8.68 Å². The third-order valence-electron chi connectivity index (χ3n) is 3.86. The number of fused-ring (bicyclic) bond motifs is 1. The summed E-state index contributed by atoms with van der Waals surface area (Å²) in [6.45, 7) is 6.25. The van der Waals surface area contributed by atoms with Crippen LogP contribution in [0, 0.1) is 6.92 Å². The van der Waals surface area contributed by atoms with Crippen molar-refractivity contribution in [3.05, 3.63) is 41.1 Å². The first kappa shape index (κ1) is 20.1. The largest absolute Gasteiger partial charge is 0.462 e. The zero-order chi connectivity index (χ0) is 19.2. The van der Waals surface area contributed by atoms with E-state index in [2.05, 4.69) is 17.1 Å². The molecule has 5 nitrogen and oxygen atoms in total. The fraction of sp³-hybridized carbons (Fsp3) is 0.368. The minimum Gasteiger partial charge on any atom is -0.462 e. The molecule has 0 aliphatic carbocycles. The van der Waals surface area contributed by atoms with E-state index in [-0.39, 0.29) is 5.97 Å². The average Bonchev–Trinajstić information content (AvgIpc) is 3.13. The first-order valence-electron chi connectivity index (χ1n) is 8.78. The second kappa shape index (κ2) is 9.52. The number of carbonyl (C=O) groups is 1. The van der Waals surface area contributed by atoms with Gasteiger partial charge in [0, 0.05) is 16.9 Å². The molecule has 0 aliphatic rings. The van der Waals surface area contributed by atoms with Gasteiger partial charge in [-0.25, -0.2) is 4.79 Å². The van der Waals surface area contributed by atoms with Gasteiger partial charge >= 0.3 is 5.97 Å². The highest BCUT2D eigenvalue weighted by Gasteiger charge is 2.20. The van der Waals surface area contributed by atoms with Crippen LogP contribution in [0.1, 0.15) is 41.9 Å². The second-order valence-electron chi connectivity index (χ2n) is 5.77. The molecule has 0 spiro atoms. The van der Waals surface area contributed by atoms with Crippen molar-refractivity contribution in [2.24, 2.45) is 0 Å². The first-order chi connectivity index (χ1) is 13.1. The molecule has 0 amide bonds. The number of aryl methyl sites for hydroxylation is 1. The van der Waals surface area contributed by atoms with Gasteiger partial charge in [0.25, 0.3) is 0 Å². The number of ether oxygens (including phenoxy) is 1. The Morgan fingerprint density at radius 3 is 2.63 bits per heavy atom. The van der Waals surface area contributed by atoms with Crippen LogP contribution in [0.25, 0.3) is 10.9 Å². The molecule has 3 rings (SSSR count). The number of rotatable bonds is 8. The Morgan fingerprint density at radius 1 is 1.15 bits per heavy atom. The van der Waals surface area contributed by atoms with Crippen LogP contribution in [0.2, 0.25) is 0 Å². The van der Waals surface area contributed by atoms with E-state index < -0.39 is 0 Å². The summed E-state index contributed by atoms with van der Waals surface area (Å²) >= 11 is 4.86. The van der Waals surface area contributed by atoms with Crippen LogP contribution >= 0.6 is 34.9 Å². The maximum atomic E-state index is 12.6. The Hall–Kier alpha value is -1.64. The number of hydrogen-bond acceptors (Lipinski definition) is 8. The third kappa shape index (κ3) is 4.80. The number of thioether (sulfide) groups is 2. The summed E-state index contributed by atoms with van der Waals surface area (Å²) in [5.41, 5.74) is 3.09. The van der Waals surface area contributed by atoms with Gasteiger partial charge in [0.05, 0.1) is 23.4 Å². The summed E-state index contributed by atoms with van der Waals surface area (Å²) in [5, 5.41) is 9.44. The van der Waals surface area contributed by atoms with E-state index in [0.717, 1.165) is 43.0 Å². The van der Waals surface area contributed by atoms with E-state index in [9.17, 15) is 4.79 Å². The van der Waals surface area contributed by atoms with Crippen LogP contribution < -0.4 is 0 Å². The summed E-state index contributed by atoms with van der Waals surface area (Å²) < 4.78 is 7.15. The number of aromatic nitrogens is 3. The minimum atomic E-state index is -0.319. The third-order valence-corrected chi connectivity index (χ3v) is 7.26. The number of benzene rings is 1. The summed E-state index contributed by atoms with van der Waals surface area (Å²) in [7, 11) is 0. The Bertz CT molecular complexity index is 943. The SMILES string of the molecule is CCCSc1nnc(SCc2nc3ccccc3c(C)c2C(=O)OCC)s1. The van der Waals surface area contributed by atoms with Gasteiger partial charge in [-0.1, -0.05) is 60.0 Å². The molecule has 2 heterocycles. The van der Waals surface area contributed by atoms with Gasteiger partial charge < -0.3 is 4.74 Å². The summed E-state index contributed by atoms with van der Waals surface area (Å²) in [6.07, 6.45) is 1.11. The average molecular weight is 420 g/mol. The monoisotopic (exact) mass is 419 g/mol. The predicted molar refractivity (Wildman–Crippen MR) is 113 cm³/mol. The van der Waals surface area contributed by atoms with Crippen LogP contribution in [-0.2, 0) is 10.5 Å². The van der Waals surface area contributed by atoms with Crippen LogP contribution in [0.4, 0.5) is 0 Å². The number of hydrogen-bond donors (Lipinski definition) is 0. The molecule has 0 N–H and O–H groups in total. The summed E-state index contributed by atoms with van der Waals surface area (Å²) in [5.74, 6) is 1.27. The van der Waals surface area contributed by atoms with E-state index in [1.807, 2.05) is 38.1 Å². The van der Waals surface area contributed by atoms with Crippen LogP contribution in [-0.4, -0.2) is 33.5 Å². The molecule has 2 aromatic heterocycles. The number of para-hydroxylation sites is 1. The van der Waals surface area contributed by atoms with Gasteiger partial charge in [-0.3, -0.25) is 4.98 Å². The fourth-order valence-corrected chi connectivity index (χ4v) is 5.54. The molecule has 1 aromatic carbocycles. The molecule has 0 fully saturated rings. The molecular formula is C19H21N3O2S3. The number of pyridine rings is 1. The topological polar surface area (TPSA) is 65.0 Å². The first-order valence-corrected chi connectivity index (χ1v) is 11.6. The lowest BCUT2D eigenvalue weighted by Gasteiger charge is -2.13. The number of esters is 1. The second-order valence-corrected chi connectivity index (χ2v) is 9.31. The van der Waals surface area contributed by atoms with Gasteiger partial charge in [-0.05, 0) is 31.9 Å². The van der Waals surface area contributed by atoms with Gasteiger partial charge in [-0.2, -0.15) is 0 Å². The van der Waals surface area contributed by atoms with Crippen molar-refractivity contribution < 1.29 is 9.53 Å². The molecular weight excluding hydrogens is 398 g/mol. The van der Waals surface area contributed by atoms with Gasteiger partial charge in [0.1, 0.15) is 0 Å². The Balaban J connectivity index is 1.89. The minimum absolute atomic E-state index is 0.319. The van der Waals surface area contributed by atoms with E-state index in [1.165, 1.54) is 0 Å². The molecule has 0 unspecified atom stereocenters. The normalized spacial score (nSPS) is 11.1. The molecule has 0 radical (unpaired) electrons. The smallest absolute Gasteiger partial charge is 0.340 e. The van der Waals surface area contributed by atoms with Crippen LogP contribution in [0.15, 0.2) is 32.9 Å². The van der Waals surface area contributed by atoms with Crippen LogP contribution in [0.3, 0.4) is 0 Å². The maximum Gasteiger partial charge on any atom is 0.340 e. The molecule has 0 aliphatic heterocycles. The standard InChI is InChI=1S/C19H21N3O2S3/c1-4-10-25-18-21-22-19(27-18)26-11-15-16(17(23)24-5-2)12(3)13-8-6-7-9-14(13)20-15/h6-9H,4-5,10-11H2,1-3H3. The molecule has 142 valence electrons. The Morgan fingerprint density at radius 2 is 1.89 bits per heavy atom. The van der Waals surface area contributed by atoms with E-state index in [4.69, 9.17) is 9.72 Å².